The zero-order valence-corrected chi connectivity index (χ0v) is 20.7. The number of alkyl carbamates (subject to hydrolysis) is 1. The lowest BCUT2D eigenvalue weighted by molar-refractivity contribution is -0.165. The van der Waals surface area contributed by atoms with Crippen molar-refractivity contribution in [3.63, 3.8) is 0 Å². The number of benzene rings is 1. The van der Waals surface area contributed by atoms with E-state index in [2.05, 4.69) is 10.6 Å². The van der Waals surface area contributed by atoms with Crippen molar-refractivity contribution in [1.29, 1.82) is 0 Å². The highest BCUT2D eigenvalue weighted by atomic mass is 16.6. The van der Waals surface area contributed by atoms with Crippen LogP contribution in [-0.2, 0) is 30.3 Å². The molecule has 0 saturated heterocycles. The van der Waals surface area contributed by atoms with Gasteiger partial charge in [0.1, 0.15) is 17.4 Å². The Bertz CT molecular complexity index is 830. The lowest BCUT2D eigenvalue weighted by Gasteiger charge is -2.23. The van der Waals surface area contributed by atoms with E-state index in [9.17, 15) is 24.3 Å². The van der Waals surface area contributed by atoms with Crippen molar-refractivity contribution >= 4 is 23.9 Å². The molecule has 0 aliphatic rings. The molecule has 34 heavy (non-hydrogen) atoms. The monoisotopic (exact) mass is 480 g/mol. The molecule has 0 aromatic heterocycles. The highest BCUT2D eigenvalue weighted by molar-refractivity contribution is 5.86. The summed E-state index contributed by atoms with van der Waals surface area (Å²) in [5.41, 5.74) is 0.0282. The quantitative estimate of drug-likeness (QED) is 0.388. The van der Waals surface area contributed by atoms with Gasteiger partial charge in [0.2, 0.25) is 5.91 Å². The number of amides is 2. The molecule has 0 bridgehead atoms. The first-order chi connectivity index (χ1) is 15.8. The van der Waals surface area contributed by atoms with Crippen molar-refractivity contribution in [1.82, 2.24) is 10.6 Å². The minimum atomic E-state index is -1.24. The van der Waals surface area contributed by atoms with Crippen LogP contribution in [0, 0.1) is 5.92 Å². The van der Waals surface area contributed by atoms with Crippen molar-refractivity contribution in [2.75, 3.05) is 13.7 Å². The second kappa shape index (κ2) is 13.4. The predicted molar refractivity (Wildman–Crippen MR) is 124 cm³/mol. The summed E-state index contributed by atoms with van der Waals surface area (Å²) >= 11 is 0. The molecule has 0 aliphatic heterocycles. The number of rotatable bonds is 12. The fraction of sp³-hybridized carbons (Fsp3) is 0.583. The Balaban J connectivity index is 2.75. The highest BCUT2D eigenvalue weighted by Crippen LogP contribution is 2.14. The number of carbonyl (C=O) groups is 4. The Morgan fingerprint density at radius 3 is 2.18 bits per heavy atom. The van der Waals surface area contributed by atoms with Gasteiger partial charge in [0.05, 0.1) is 13.5 Å². The maximum atomic E-state index is 12.8. The van der Waals surface area contributed by atoms with E-state index in [1.165, 1.54) is 0 Å². The summed E-state index contributed by atoms with van der Waals surface area (Å²) in [6, 6.07) is 6.06. The number of carbonyl (C=O) groups excluding carboxylic acids is 3. The molecule has 190 valence electrons. The summed E-state index contributed by atoms with van der Waals surface area (Å²) in [5.74, 6) is -1.79. The van der Waals surface area contributed by atoms with E-state index < -0.39 is 41.7 Å². The molecule has 10 heteroatoms. The van der Waals surface area contributed by atoms with E-state index in [1.54, 1.807) is 52.1 Å². The summed E-state index contributed by atoms with van der Waals surface area (Å²) < 4.78 is 15.4. The maximum absolute atomic E-state index is 12.8. The number of carboxylic acids is 1. The number of hydrogen-bond acceptors (Lipinski definition) is 7. The molecular weight excluding hydrogens is 444 g/mol. The summed E-state index contributed by atoms with van der Waals surface area (Å²) in [4.78, 5) is 48.3. The van der Waals surface area contributed by atoms with Gasteiger partial charge in [-0.2, -0.15) is 0 Å². The molecule has 0 spiro atoms. The Morgan fingerprint density at radius 2 is 1.68 bits per heavy atom. The van der Waals surface area contributed by atoms with Crippen LogP contribution in [0.25, 0.3) is 0 Å². The Hall–Kier alpha value is -3.30. The van der Waals surface area contributed by atoms with Gasteiger partial charge in [0.15, 0.2) is 6.10 Å². The third-order valence-corrected chi connectivity index (χ3v) is 4.47. The average molecular weight is 481 g/mol. The Kier molecular flexibility index (Phi) is 11.3. The maximum Gasteiger partial charge on any atom is 0.408 e. The van der Waals surface area contributed by atoms with Gasteiger partial charge >= 0.3 is 18.0 Å². The first kappa shape index (κ1) is 28.7. The van der Waals surface area contributed by atoms with E-state index in [-0.39, 0.29) is 31.7 Å². The van der Waals surface area contributed by atoms with Gasteiger partial charge in [-0.1, -0.05) is 26.0 Å². The van der Waals surface area contributed by atoms with Crippen molar-refractivity contribution in [2.24, 2.45) is 5.92 Å². The van der Waals surface area contributed by atoms with Gasteiger partial charge in [-0.15, -0.1) is 0 Å². The average Bonchev–Trinajstić information content (AvgIpc) is 2.71. The number of aliphatic carboxylic acids is 1. The van der Waals surface area contributed by atoms with Crippen LogP contribution in [0.2, 0.25) is 0 Å². The van der Waals surface area contributed by atoms with Gasteiger partial charge in [-0.05, 0) is 50.8 Å². The third kappa shape index (κ3) is 11.5. The van der Waals surface area contributed by atoms with Crippen LogP contribution in [0.3, 0.4) is 0 Å². The van der Waals surface area contributed by atoms with Crippen LogP contribution in [0.5, 0.6) is 5.75 Å². The van der Waals surface area contributed by atoms with E-state index >= 15 is 0 Å². The number of nitrogens with one attached hydrogen (secondary N) is 2. The number of carboxylic acid groups (broad SMARTS) is 1. The fourth-order valence-electron chi connectivity index (χ4n) is 2.91. The Labute approximate surface area is 200 Å². The van der Waals surface area contributed by atoms with Gasteiger partial charge in [0, 0.05) is 13.0 Å². The van der Waals surface area contributed by atoms with Gasteiger partial charge < -0.3 is 30.0 Å². The molecule has 2 amide bonds. The molecule has 0 heterocycles. The smallest absolute Gasteiger partial charge is 0.408 e. The minimum Gasteiger partial charge on any atom is -0.497 e. The predicted octanol–water partition coefficient (Wildman–Crippen LogP) is 2.68. The molecule has 3 N–H and O–H groups in total. The molecule has 0 fully saturated rings. The summed E-state index contributed by atoms with van der Waals surface area (Å²) in [5, 5.41) is 14.3. The van der Waals surface area contributed by atoms with Crippen LogP contribution in [0.4, 0.5) is 4.79 Å². The SMILES string of the molecule is COc1ccc(C[C@@H](NC(=O)OC(C)(C)C)C(=O)NCCC(=O)O[C@@H](CC(C)C)C(=O)O)cc1. The van der Waals surface area contributed by atoms with E-state index in [0.717, 1.165) is 5.56 Å². The van der Waals surface area contributed by atoms with Crippen molar-refractivity contribution in [3.8, 4) is 5.75 Å². The lowest BCUT2D eigenvalue weighted by atomic mass is 10.0. The molecule has 1 rings (SSSR count). The van der Waals surface area contributed by atoms with E-state index in [0.29, 0.717) is 5.75 Å². The van der Waals surface area contributed by atoms with Gasteiger partial charge in [-0.25, -0.2) is 9.59 Å². The topological polar surface area (TPSA) is 140 Å². The number of hydrogen-bond donors (Lipinski definition) is 3. The van der Waals surface area contributed by atoms with Crippen LogP contribution >= 0.6 is 0 Å². The van der Waals surface area contributed by atoms with Crippen LogP contribution in [-0.4, -0.2) is 60.4 Å². The molecule has 1 aromatic rings. The second-order valence-corrected chi connectivity index (χ2v) is 9.24. The number of ether oxygens (including phenoxy) is 3. The molecule has 0 saturated carbocycles. The van der Waals surface area contributed by atoms with E-state index in [1.807, 2.05) is 13.8 Å². The Morgan fingerprint density at radius 1 is 1.06 bits per heavy atom. The standard InChI is InChI=1S/C24H36N2O8/c1-15(2)13-19(22(29)30)33-20(27)11-12-25-21(28)18(26-23(31)34-24(3,4)5)14-16-7-9-17(32-6)10-8-16/h7-10,15,18-19H,11-14H2,1-6H3,(H,25,28)(H,26,31)(H,29,30)/t18-,19+/m1/s1. The summed E-state index contributed by atoms with van der Waals surface area (Å²) in [7, 11) is 1.54. The molecule has 1 aromatic carbocycles. The van der Waals surface area contributed by atoms with Crippen molar-refractivity contribution in [2.45, 2.75) is 71.6 Å². The largest absolute Gasteiger partial charge is 0.497 e. The lowest BCUT2D eigenvalue weighted by Crippen LogP contribution is -2.49. The molecule has 0 unspecified atom stereocenters. The highest BCUT2D eigenvalue weighted by Gasteiger charge is 2.26. The van der Waals surface area contributed by atoms with Crippen LogP contribution < -0.4 is 15.4 Å². The second-order valence-electron chi connectivity index (χ2n) is 9.24. The summed E-state index contributed by atoms with van der Waals surface area (Å²) in [6.07, 6.45) is -1.83. The zero-order chi connectivity index (χ0) is 25.9. The van der Waals surface area contributed by atoms with E-state index in [4.69, 9.17) is 14.2 Å². The first-order valence-corrected chi connectivity index (χ1v) is 11.1. The molecule has 10 nitrogen and oxygen atoms in total. The molecule has 2 atom stereocenters. The summed E-state index contributed by atoms with van der Waals surface area (Å²) in [6.45, 7) is 8.69. The van der Waals surface area contributed by atoms with Gasteiger partial charge in [-0.3, -0.25) is 9.59 Å². The molecule has 0 aliphatic carbocycles. The van der Waals surface area contributed by atoms with Gasteiger partial charge in [0.25, 0.3) is 0 Å². The fourth-order valence-corrected chi connectivity index (χ4v) is 2.91. The minimum absolute atomic E-state index is 0.0336. The number of esters is 1. The zero-order valence-electron chi connectivity index (χ0n) is 20.7. The van der Waals surface area contributed by atoms with Crippen LogP contribution in [0.15, 0.2) is 24.3 Å². The molecular formula is C24H36N2O8. The van der Waals surface area contributed by atoms with Crippen molar-refractivity contribution < 1.29 is 38.5 Å². The first-order valence-electron chi connectivity index (χ1n) is 11.1. The van der Waals surface area contributed by atoms with Crippen molar-refractivity contribution in [3.05, 3.63) is 29.8 Å². The molecule has 0 radical (unpaired) electrons. The normalized spacial score (nSPS) is 12.9. The van der Waals surface area contributed by atoms with Crippen LogP contribution in [0.1, 0.15) is 53.0 Å². The third-order valence-electron chi connectivity index (χ3n) is 4.47. The number of methoxy groups -OCH3 is 1.